The number of carbonyl (C=O) groups excluding carboxylic acids is 1. The Hall–Kier alpha value is -2.76. The van der Waals surface area contributed by atoms with E-state index < -0.39 is 27.4 Å². The molecule has 0 unspecified atom stereocenters. The molecule has 1 saturated heterocycles. The van der Waals surface area contributed by atoms with Crippen LogP contribution in [0.1, 0.15) is 28.3 Å². The molecule has 2 aliphatic rings. The van der Waals surface area contributed by atoms with Crippen LogP contribution in [-0.4, -0.2) is 74.0 Å². The molecular formula is C26H26ClN3O5S2. The number of nitrogens with one attached hydrogen (secondary N) is 1. The number of rotatable bonds is 7. The molecule has 0 spiro atoms. The van der Waals surface area contributed by atoms with Crippen LogP contribution < -0.4 is 4.72 Å². The highest BCUT2D eigenvalue weighted by Gasteiger charge is 2.64. The minimum Gasteiger partial charge on any atom is -0.480 e. The van der Waals surface area contributed by atoms with Crippen molar-refractivity contribution in [3.8, 4) is 10.4 Å². The van der Waals surface area contributed by atoms with Crippen LogP contribution in [0.2, 0.25) is 5.02 Å². The molecule has 5 rings (SSSR count). The van der Waals surface area contributed by atoms with Crippen molar-refractivity contribution in [3.63, 3.8) is 0 Å². The quantitative estimate of drug-likeness (QED) is 0.457. The maximum Gasteiger partial charge on any atom is 0.325 e. The number of benzene rings is 2. The highest BCUT2D eigenvalue weighted by molar-refractivity contribution is 7.91. The summed E-state index contributed by atoms with van der Waals surface area (Å²) in [7, 11) is -2.14. The number of carboxylic acid groups (broad SMARTS) is 1. The summed E-state index contributed by atoms with van der Waals surface area (Å²) in [5.74, 6) is -2.09. The largest absolute Gasteiger partial charge is 0.480 e. The second-order valence-corrected chi connectivity index (χ2v) is 12.9. The number of hydrogen-bond acceptors (Lipinski definition) is 6. The van der Waals surface area contributed by atoms with Gasteiger partial charge >= 0.3 is 5.97 Å². The predicted molar refractivity (Wildman–Crippen MR) is 143 cm³/mol. The van der Waals surface area contributed by atoms with Gasteiger partial charge in [0, 0.05) is 47.6 Å². The van der Waals surface area contributed by atoms with Crippen LogP contribution in [0.5, 0.6) is 0 Å². The number of aliphatic carboxylic acids is 1. The van der Waals surface area contributed by atoms with Gasteiger partial charge in [-0.3, -0.25) is 9.59 Å². The van der Waals surface area contributed by atoms with Crippen molar-refractivity contribution in [3.05, 3.63) is 76.8 Å². The Morgan fingerprint density at radius 3 is 2.38 bits per heavy atom. The zero-order valence-electron chi connectivity index (χ0n) is 20.1. The van der Waals surface area contributed by atoms with Gasteiger partial charge in [-0.25, -0.2) is 8.42 Å². The molecule has 2 atom stereocenters. The van der Waals surface area contributed by atoms with Gasteiger partial charge in [0.15, 0.2) is 0 Å². The summed E-state index contributed by atoms with van der Waals surface area (Å²) >= 11 is 7.00. The Morgan fingerprint density at radius 2 is 1.70 bits per heavy atom. The van der Waals surface area contributed by atoms with Gasteiger partial charge in [0.25, 0.3) is 15.9 Å². The number of carbonyl (C=O) groups is 2. The molecule has 11 heteroatoms. The lowest BCUT2D eigenvalue weighted by molar-refractivity contribution is -0.140. The predicted octanol–water partition coefficient (Wildman–Crippen LogP) is 3.75. The zero-order chi connectivity index (χ0) is 26.4. The summed E-state index contributed by atoms with van der Waals surface area (Å²) in [5.41, 5.74) is 0.0522. The first kappa shape index (κ1) is 25.9. The molecule has 3 aromatic rings. The molecule has 194 valence electrons. The third-order valence-electron chi connectivity index (χ3n) is 6.99. The van der Waals surface area contributed by atoms with Gasteiger partial charge in [-0.2, -0.15) is 4.72 Å². The molecule has 2 N–H and O–H groups in total. The smallest absolute Gasteiger partial charge is 0.325 e. The lowest BCUT2D eigenvalue weighted by atomic mass is 9.99. The first-order valence-electron chi connectivity index (χ1n) is 11.8. The molecule has 0 bridgehead atoms. The van der Waals surface area contributed by atoms with Gasteiger partial charge in [0.05, 0.1) is 0 Å². The number of likely N-dealkylation sites (N-methyl/N-ethyl adjacent to an activating group) is 1. The van der Waals surface area contributed by atoms with Gasteiger partial charge in [0.1, 0.15) is 9.75 Å². The lowest BCUT2D eigenvalue weighted by Crippen LogP contribution is -2.47. The van der Waals surface area contributed by atoms with E-state index in [-0.39, 0.29) is 16.5 Å². The average molecular weight is 560 g/mol. The van der Waals surface area contributed by atoms with E-state index in [0.29, 0.717) is 29.2 Å². The molecule has 1 saturated carbocycles. The second kappa shape index (κ2) is 9.85. The van der Waals surface area contributed by atoms with Crippen LogP contribution in [0, 0.1) is 0 Å². The van der Waals surface area contributed by atoms with Crippen molar-refractivity contribution in [2.75, 3.05) is 33.2 Å². The summed E-state index contributed by atoms with van der Waals surface area (Å²) in [5, 5.41) is 10.7. The van der Waals surface area contributed by atoms with E-state index in [2.05, 4.69) is 9.62 Å². The number of nitrogens with zero attached hydrogens (tertiary/aromatic N) is 2. The second-order valence-electron chi connectivity index (χ2n) is 9.45. The number of piperazine rings is 1. The molecule has 0 radical (unpaired) electrons. The Morgan fingerprint density at radius 1 is 1.03 bits per heavy atom. The molecule has 2 fully saturated rings. The van der Waals surface area contributed by atoms with Gasteiger partial charge in [-0.1, -0.05) is 41.9 Å². The maximum absolute atomic E-state index is 13.3. The van der Waals surface area contributed by atoms with Gasteiger partial charge < -0.3 is 14.9 Å². The summed E-state index contributed by atoms with van der Waals surface area (Å²) in [6, 6.07) is 17.1. The third-order valence-corrected chi connectivity index (χ3v) is 10.4. The summed E-state index contributed by atoms with van der Waals surface area (Å²) < 4.78 is 29.1. The molecule has 37 heavy (non-hydrogen) atoms. The molecule has 1 aliphatic heterocycles. The molecule has 8 nitrogen and oxygen atoms in total. The number of thiophene rings is 1. The molecule has 1 aliphatic carbocycles. The number of hydrogen-bond donors (Lipinski definition) is 2. The Bertz CT molecular complexity index is 1450. The summed E-state index contributed by atoms with van der Waals surface area (Å²) in [6.07, 6.45) is 0.0595. The fourth-order valence-corrected chi connectivity index (χ4v) is 7.57. The Kier molecular flexibility index (Phi) is 6.88. The summed E-state index contributed by atoms with van der Waals surface area (Å²) in [6.45, 7) is 2.68. The van der Waals surface area contributed by atoms with E-state index in [0.717, 1.165) is 34.9 Å². The van der Waals surface area contributed by atoms with Crippen molar-refractivity contribution in [2.45, 2.75) is 22.1 Å². The van der Waals surface area contributed by atoms with Gasteiger partial charge in [-0.05, 0) is 54.9 Å². The van der Waals surface area contributed by atoms with Crippen LogP contribution >= 0.6 is 22.9 Å². The highest BCUT2D eigenvalue weighted by Crippen LogP contribution is 2.53. The number of sulfonamides is 1. The molecule has 1 aromatic heterocycles. The third kappa shape index (κ3) is 5.04. The van der Waals surface area contributed by atoms with Crippen LogP contribution in [0.3, 0.4) is 0 Å². The molecule has 2 heterocycles. The first-order chi connectivity index (χ1) is 17.6. The minimum absolute atomic E-state index is 0.0190. The number of amides is 1. The van der Waals surface area contributed by atoms with Crippen molar-refractivity contribution in [1.82, 2.24) is 14.5 Å². The standard InChI is InChI=1S/C26H26ClN3O5S2/c1-29-12-14-30(15-13-29)24(31)20-5-3-2-4-19(20)21-16-26(21,25(32)33)28-37(34,35)23-11-10-22(36-23)17-6-8-18(27)9-7-17/h2-11,21,28H,12-16H2,1H3,(H,32,33)/t21-,26+/m0/s1. The Labute approximate surface area is 224 Å². The van der Waals surface area contributed by atoms with Gasteiger partial charge in [0.2, 0.25) is 0 Å². The first-order valence-corrected chi connectivity index (χ1v) is 14.5. The van der Waals surface area contributed by atoms with E-state index in [1.54, 1.807) is 59.5 Å². The van der Waals surface area contributed by atoms with Crippen molar-refractivity contribution < 1.29 is 23.1 Å². The fraction of sp³-hybridized carbons (Fsp3) is 0.308. The number of carboxylic acids is 1. The van der Waals surface area contributed by atoms with Gasteiger partial charge in [-0.15, -0.1) is 11.3 Å². The zero-order valence-corrected chi connectivity index (χ0v) is 22.4. The van der Waals surface area contributed by atoms with Crippen LogP contribution in [0.4, 0.5) is 0 Å². The topological polar surface area (TPSA) is 107 Å². The number of halogens is 1. The Balaban J connectivity index is 1.40. The van der Waals surface area contributed by atoms with Crippen molar-refractivity contribution in [2.24, 2.45) is 0 Å². The summed E-state index contributed by atoms with van der Waals surface area (Å²) in [4.78, 5) is 30.4. The van der Waals surface area contributed by atoms with Crippen LogP contribution in [-0.2, 0) is 14.8 Å². The average Bonchev–Trinajstić information content (AvgIpc) is 3.36. The van der Waals surface area contributed by atoms with E-state index in [1.807, 2.05) is 7.05 Å². The van der Waals surface area contributed by atoms with Crippen molar-refractivity contribution in [1.29, 1.82) is 0 Å². The maximum atomic E-state index is 13.3. The van der Waals surface area contributed by atoms with E-state index in [4.69, 9.17) is 11.6 Å². The molecule has 2 aromatic carbocycles. The minimum atomic E-state index is -4.14. The molecule has 1 amide bonds. The molecular weight excluding hydrogens is 534 g/mol. The normalized spacial score (nSPS) is 22.1. The monoisotopic (exact) mass is 559 g/mol. The van der Waals surface area contributed by atoms with Crippen molar-refractivity contribution >= 4 is 44.8 Å². The fourth-order valence-electron chi connectivity index (χ4n) is 4.73. The van der Waals surface area contributed by atoms with E-state index >= 15 is 0 Å². The van der Waals surface area contributed by atoms with Crippen LogP contribution in [0.15, 0.2) is 64.9 Å². The van der Waals surface area contributed by atoms with E-state index in [9.17, 15) is 23.1 Å². The highest BCUT2D eigenvalue weighted by atomic mass is 35.5. The SMILES string of the molecule is CN1CCN(C(=O)c2ccccc2[C@@H]2C[C@]2(NS(=O)(=O)c2ccc(-c3ccc(Cl)cc3)s2)C(=O)O)CC1. The lowest BCUT2D eigenvalue weighted by Gasteiger charge is -2.33. The van der Waals surface area contributed by atoms with E-state index in [1.165, 1.54) is 6.07 Å². The van der Waals surface area contributed by atoms with Crippen LogP contribution in [0.25, 0.3) is 10.4 Å².